The molecule has 0 fully saturated rings. The summed E-state index contributed by atoms with van der Waals surface area (Å²) >= 11 is 0. The van der Waals surface area contributed by atoms with Gasteiger partial charge in [0.05, 0.1) is 10.4 Å². The number of rotatable bonds is 8. The van der Waals surface area contributed by atoms with E-state index in [-0.39, 0.29) is 10.7 Å². The number of fused-ring (bicyclic) bond motifs is 3. The van der Waals surface area contributed by atoms with Crippen LogP contribution in [0, 0.1) is 5.82 Å². The molecule has 0 amide bonds. The Labute approximate surface area is 210 Å². The monoisotopic (exact) mass is 498 g/mol. The van der Waals surface area contributed by atoms with Crippen molar-refractivity contribution < 1.29 is 12.8 Å². The molecule has 0 radical (unpaired) electrons. The van der Waals surface area contributed by atoms with Crippen LogP contribution in [-0.4, -0.2) is 17.4 Å². The van der Waals surface area contributed by atoms with Crippen molar-refractivity contribution in [3.05, 3.63) is 114 Å². The number of unbranched alkanes of at least 4 members (excludes halogenated alkanes) is 2. The van der Waals surface area contributed by atoms with E-state index < -0.39 is 10.0 Å². The largest absolute Gasteiger partial charge is 0.269 e. The second kappa shape index (κ2) is 9.70. The van der Waals surface area contributed by atoms with E-state index >= 15 is 0 Å². The maximum atomic E-state index is 14.5. The SMILES string of the molecule is C=C(c1ccc2c(c1)c1ccc(CCCCC)nc1n2S(=O)(=O)c1ccccc1)c1ccccc1F. The van der Waals surface area contributed by atoms with Gasteiger partial charge in [0.2, 0.25) is 0 Å². The highest BCUT2D eigenvalue weighted by Crippen LogP contribution is 2.35. The topological polar surface area (TPSA) is 52.0 Å². The Hall–Kier alpha value is -3.77. The highest BCUT2D eigenvalue weighted by Gasteiger charge is 2.25. The maximum absolute atomic E-state index is 14.5. The molecule has 5 aromatic rings. The molecule has 0 N–H and O–H groups in total. The summed E-state index contributed by atoms with van der Waals surface area (Å²) in [5, 5.41) is 1.46. The van der Waals surface area contributed by atoms with Crippen molar-refractivity contribution in [3.8, 4) is 0 Å². The van der Waals surface area contributed by atoms with Crippen molar-refractivity contribution >= 4 is 37.5 Å². The fraction of sp³-hybridized carbons (Fsp3) is 0.167. The van der Waals surface area contributed by atoms with Crippen LogP contribution in [0.1, 0.15) is 43.0 Å². The first-order valence-corrected chi connectivity index (χ1v) is 13.5. The zero-order valence-electron chi connectivity index (χ0n) is 20.1. The summed E-state index contributed by atoms with van der Waals surface area (Å²) in [5.41, 5.74) is 3.45. The minimum Gasteiger partial charge on any atom is -0.234 e. The molecule has 0 aliphatic rings. The molecule has 0 saturated carbocycles. The third-order valence-corrected chi connectivity index (χ3v) is 8.21. The van der Waals surface area contributed by atoms with Crippen LogP contribution in [-0.2, 0) is 16.4 Å². The first-order valence-electron chi connectivity index (χ1n) is 12.1. The predicted octanol–water partition coefficient (Wildman–Crippen LogP) is 7.36. The van der Waals surface area contributed by atoms with Crippen molar-refractivity contribution in [1.82, 2.24) is 8.96 Å². The molecule has 0 saturated heterocycles. The molecule has 2 aromatic heterocycles. The van der Waals surface area contributed by atoms with Gasteiger partial charge in [0.25, 0.3) is 10.0 Å². The van der Waals surface area contributed by atoms with Crippen LogP contribution in [0.4, 0.5) is 4.39 Å². The second-order valence-electron chi connectivity index (χ2n) is 8.90. The van der Waals surface area contributed by atoms with Crippen molar-refractivity contribution in [2.24, 2.45) is 0 Å². The van der Waals surface area contributed by atoms with Gasteiger partial charge in [-0.3, -0.25) is 0 Å². The van der Waals surface area contributed by atoms with Crippen LogP contribution in [0.5, 0.6) is 0 Å². The summed E-state index contributed by atoms with van der Waals surface area (Å²) < 4.78 is 43.5. The highest BCUT2D eigenvalue weighted by atomic mass is 32.2. The standard InChI is InChI=1S/C30H27FN2O2S/c1-3-4-6-11-23-17-18-26-27-20-22(21(2)25-14-9-10-15-28(25)31)16-19-29(27)33(30(26)32-23)36(34,35)24-12-7-5-8-13-24/h5,7-10,12-20H,2-4,6,11H2,1H3. The van der Waals surface area contributed by atoms with Crippen molar-refractivity contribution in [3.63, 3.8) is 0 Å². The van der Waals surface area contributed by atoms with Crippen LogP contribution in [0.3, 0.4) is 0 Å². The Morgan fingerprint density at radius 3 is 2.42 bits per heavy atom. The van der Waals surface area contributed by atoms with Gasteiger partial charge < -0.3 is 0 Å². The lowest BCUT2D eigenvalue weighted by molar-refractivity contribution is 0.590. The number of benzene rings is 3. The van der Waals surface area contributed by atoms with E-state index in [4.69, 9.17) is 4.98 Å². The molecule has 5 rings (SSSR count). The van der Waals surface area contributed by atoms with Gasteiger partial charge in [-0.1, -0.05) is 68.8 Å². The molecular weight excluding hydrogens is 471 g/mol. The Kier molecular flexibility index (Phi) is 6.46. The summed E-state index contributed by atoms with van der Waals surface area (Å²) in [7, 11) is -3.91. The molecule has 3 aromatic carbocycles. The summed E-state index contributed by atoms with van der Waals surface area (Å²) in [5.74, 6) is -0.352. The summed E-state index contributed by atoms with van der Waals surface area (Å²) in [6.45, 7) is 6.27. The quantitative estimate of drug-likeness (QED) is 0.210. The Balaban J connectivity index is 1.74. The van der Waals surface area contributed by atoms with Crippen LogP contribution in [0.15, 0.2) is 96.4 Å². The van der Waals surface area contributed by atoms with E-state index in [1.54, 1.807) is 60.7 Å². The minimum atomic E-state index is -3.91. The van der Waals surface area contributed by atoms with Crippen molar-refractivity contribution in [1.29, 1.82) is 0 Å². The Bertz CT molecular complexity index is 1690. The molecule has 4 nitrogen and oxygen atoms in total. The summed E-state index contributed by atoms with van der Waals surface area (Å²) in [6.07, 6.45) is 3.96. The molecule has 0 spiro atoms. The van der Waals surface area contributed by atoms with E-state index in [9.17, 15) is 12.8 Å². The smallest absolute Gasteiger partial charge is 0.234 e. The number of nitrogens with zero attached hydrogens (tertiary/aromatic N) is 2. The van der Waals surface area contributed by atoms with Gasteiger partial charge >= 0.3 is 0 Å². The van der Waals surface area contributed by atoms with Gasteiger partial charge in [-0.2, -0.15) is 0 Å². The first kappa shape index (κ1) is 23.9. The van der Waals surface area contributed by atoms with Crippen LogP contribution >= 0.6 is 0 Å². The highest BCUT2D eigenvalue weighted by molar-refractivity contribution is 7.90. The molecule has 6 heteroatoms. The van der Waals surface area contributed by atoms with E-state index in [2.05, 4.69) is 13.5 Å². The molecule has 182 valence electrons. The van der Waals surface area contributed by atoms with Crippen LogP contribution < -0.4 is 0 Å². The lowest BCUT2D eigenvalue weighted by atomic mass is 9.97. The molecular formula is C30H27FN2O2S. The number of hydrogen-bond acceptors (Lipinski definition) is 3. The van der Waals surface area contributed by atoms with E-state index in [0.717, 1.165) is 47.7 Å². The third-order valence-electron chi connectivity index (χ3n) is 6.50. The Morgan fingerprint density at radius 2 is 1.67 bits per heavy atom. The average Bonchev–Trinajstić information content (AvgIpc) is 3.23. The van der Waals surface area contributed by atoms with E-state index in [1.165, 1.54) is 10.0 Å². The number of aryl methyl sites for hydroxylation is 1. The summed E-state index contributed by atoms with van der Waals surface area (Å²) in [4.78, 5) is 5.02. The van der Waals surface area contributed by atoms with Gasteiger partial charge in [-0.15, -0.1) is 0 Å². The number of aromatic nitrogens is 2. The fourth-order valence-corrected chi connectivity index (χ4v) is 6.08. The summed E-state index contributed by atoms with van der Waals surface area (Å²) in [6, 6.07) is 24.2. The fourth-order valence-electron chi connectivity index (χ4n) is 4.58. The van der Waals surface area contributed by atoms with Crippen LogP contribution in [0.25, 0.3) is 27.5 Å². The van der Waals surface area contributed by atoms with Gasteiger partial charge in [0.15, 0.2) is 5.65 Å². The zero-order chi connectivity index (χ0) is 25.3. The predicted molar refractivity (Wildman–Crippen MR) is 144 cm³/mol. The molecule has 0 aliphatic carbocycles. The minimum absolute atomic E-state index is 0.196. The van der Waals surface area contributed by atoms with Gasteiger partial charge in [0.1, 0.15) is 5.82 Å². The van der Waals surface area contributed by atoms with Gasteiger partial charge in [0, 0.05) is 22.0 Å². The van der Waals surface area contributed by atoms with E-state index in [1.807, 2.05) is 18.2 Å². The lowest BCUT2D eigenvalue weighted by Crippen LogP contribution is -2.13. The second-order valence-corrected chi connectivity index (χ2v) is 10.7. The maximum Gasteiger partial charge on any atom is 0.269 e. The van der Waals surface area contributed by atoms with Gasteiger partial charge in [-0.05, 0) is 66.4 Å². The first-order chi connectivity index (χ1) is 17.4. The number of halogens is 1. The third kappa shape index (κ3) is 4.22. The Morgan fingerprint density at radius 1 is 0.917 bits per heavy atom. The molecule has 0 unspecified atom stereocenters. The molecule has 2 heterocycles. The van der Waals surface area contributed by atoms with Gasteiger partial charge in [-0.25, -0.2) is 21.8 Å². The average molecular weight is 499 g/mol. The normalized spacial score (nSPS) is 11.8. The van der Waals surface area contributed by atoms with E-state index in [0.29, 0.717) is 22.3 Å². The number of hydrogen-bond donors (Lipinski definition) is 0. The lowest BCUT2D eigenvalue weighted by Gasteiger charge is -2.10. The zero-order valence-corrected chi connectivity index (χ0v) is 20.9. The molecule has 0 bridgehead atoms. The molecule has 36 heavy (non-hydrogen) atoms. The van der Waals surface area contributed by atoms with Crippen molar-refractivity contribution in [2.75, 3.05) is 0 Å². The number of pyridine rings is 1. The molecule has 0 atom stereocenters. The van der Waals surface area contributed by atoms with Crippen molar-refractivity contribution in [2.45, 2.75) is 37.5 Å². The molecule has 0 aliphatic heterocycles. The van der Waals surface area contributed by atoms with Crippen LogP contribution in [0.2, 0.25) is 0 Å².